The normalized spacial score (nSPS) is 10.5. The molecule has 5 nitrogen and oxygen atoms in total. The third-order valence-electron chi connectivity index (χ3n) is 3.83. The zero-order chi connectivity index (χ0) is 19.1. The Morgan fingerprint density at radius 3 is 2.65 bits per heavy atom. The Morgan fingerprint density at radius 2 is 1.96 bits per heavy atom. The maximum atomic E-state index is 12.7. The molecule has 0 saturated heterocycles. The van der Waals surface area contributed by atoms with Crippen LogP contribution in [0.3, 0.4) is 0 Å². The molecule has 1 amide bonds. The molecule has 0 unspecified atom stereocenters. The molecule has 0 atom stereocenters. The van der Waals surface area contributed by atoms with Crippen LogP contribution < -0.4 is 20.5 Å². The van der Waals surface area contributed by atoms with Gasteiger partial charge >= 0.3 is 0 Å². The van der Waals surface area contributed by atoms with Crippen LogP contribution in [0.4, 0.5) is 11.4 Å². The van der Waals surface area contributed by atoms with Crippen LogP contribution in [-0.4, -0.2) is 19.1 Å². The second-order valence-corrected chi connectivity index (χ2v) is 6.36. The van der Waals surface area contributed by atoms with E-state index in [1.165, 1.54) is 0 Å². The summed E-state index contributed by atoms with van der Waals surface area (Å²) in [5, 5.41) is 3.21. The van der Waals surface area contributed by atoms with Crippen molar-refractivity contribution >= 4 is 28.9 Å². The van der Waals surface area contributed by atoms with E-state index < -0.39 is 0 Å². The van der Waals surface area contributed by atoms with Crippen molar-refractivity contribution in [2.45, 2.75) is 33.6 Å². The smallest absolute Gasteiger partial charge is 0.255 e. The summed E-state index contributed by atoms with van der Waals surface area (Å²) in [5.74, 6) is 0.644. The molecular weight excluding hydrogens is 352 g/mol. The minimum absolute atomic E-state index is 0.290. The molecule has 26 heavy (non-hydrogen) atoms. The first-order valence-electron chi connectivity index (χ1n) is 8.72. The van der Waals surface area contributed by atoms with Gasteiger partial charge in [0.15, 0.2) is 11.5 Å². The lowest BCUT2D eigenvalue weighted by atomic mass is 10.1. The first-order chi connectivity index (χ1) is 12.5. The summed E-state index contributed by atoms with van der Waals surface area (Å²) in [4.78, 5) is 12.7. The Kier molecular flexibility index (Phi) is 7.16. The Bertz CT molecular complexity index is 778. The molecule has 0 bridgehead atoms. The summed E-state index contributed by atoms with van der Waals surface area (Å²) < 4.78 is 11.4. The Morgan fingerprint density at radius 1 is 1.19 bits per heavy atom. The first kappa shape index (κ1) is 19.9. The number of anilines is 2. The molecule has 0 radical (unpaired) electrons. The van der Waals surface area contributed by atoms with Gasteiger partial charge < -0.3 is 20.5 Å². The lowest BCUT2D eigenvalue weighted by molar-refractivity contribution is 0.102. The fourth-order valence-corrected chi connectivity index (χ4v) is 2.65. The minimum Gasteiger partial charge on any atom is -0.490 e. The zero-order valence-corrected chi connectivity index (χ0v) is 16.2. The molecule has 0 spiro atoms. The molecule has 6 heteroatoms. The van der Waals surface area contributed by atoms with Gasteiger partial charge in [-0.05, 0) is 50.1 Å². The van der Waals surface area contributed by atoms with Crippen LogP contribution in [0.5, 0.6) is 11.5 Å². The van der Waals surface area contributed by atoms with E-state index in [0.717, 1.165) is 18.4 Å². The van der Waals surface area contributed by atoms with E-state index in [1.54, 1.807) is 24.3 Å². The van der Waals surface area contributed by atoms with Crippen LogP contribution in [0.1, 0.15) is 42.6 Å². The van der Waals surface area contributed by atoms with Crippen molar-refractivity contribution in [2.24, 2.45) is 0 Å². The third kappa shape index (κ3) is 5.05. The lowest BCUT2D eigenvalue weighted by Crippen LogP contribution is -2.14. The summed E-state index contributed by atoms with van der Waals surface area (Å²) in [7, 11) is 0. The highest BCUT2D eigenvalue weighted by Gasteiger charge is 2.17. The monoisotopic (exact) mass is 376 g/mol. The predicted molar refractivity (Wildman–Crippen MR) is 107 cm³/mol. The molecule has 2 aromatic carbocycles. The fourth-order valence-electron chi connectivity index (χ4n) is 2.39. The van der Waals surface area contributed by atoms with Gasteiger partial charge in [-0.1, -0.05) is 31.0 Å². The minimum atomic E-state index is -0.290. The number of carbonyl (C=O) groups is 1. The number of nitrogens with one attached hydrogen (secondary N) is 1. The number of halogens is 1. The number of hydrogen-bond acceptors (Lipinski definition) is 4. The van der Waals surface area contributed by atoms with E-state index in [1.807, 2.05) is 19.9 Å². The summed E-state index contributed by atoms with van der Waals surface area (Å²) in [5.41, 5.74) is 8.35. The number of unbranched alkanes of at least 4 members (excludes halogenated alkanes) is 1. The van der Waals surface area contributed by atoms with E-state index >= 15 is 0 Å². The summed E-state index contributed by atoms with van der Waals surface area (Å²) >= 11 is 6.35. The standard InChI is InChI=1S/C20H25ClN2O3/c1-4-6-9-26-19-16(21)10-14(11-18(19)25-5-2)20(24)23-17-12-15(22)8-7-13(17)3/h7-8,10-12H,4-6,9,22H2,1-3H3,(H,23,24). The molecule has 0 aliphatic carbocycles. The van der Waals surface area contributed by atoms with Gasteiger partial charge in [0.2, 0.25) is 0 Å². The number of hydrogen-bond donors (Lipinski definition) is 2. The van der Waals surface area contributed by atoms with Crippen LogP contribution in [0.15, 0.2) is 30.3 Å². The third-order valence-corrected chi connectivity index (χ3v) is 4.11. The van der Waals surface area contributed by atoms with Crippen molar-refractivity contribution in [3.63, 3.8) is 0 Å². The molecule has 0 heterocycles. The van der Waals surface area contributed by atoms with Crippen molar-refractivity contribution < 1.29 is 14.3 Å². The second-order valence-electron chi connectivity index (χ2n) is 5.95. The highest BCUT2D eigenvalue weighted by atomic mass is 35.5. The van der Waals surface area contributed by atoms with Gasteiger partial charge in [0.05, 0.1) is 18.2 Å². The molecule has 0 saturated carbocycles. The average molecular weight is 377 g/mol. The second kappa shape index (κ2) is 9.34. The summed E-state index contributed by atoms with van der Waals surface area (Å²) in [6.45, 7) is 6.84. The Hall–Kier alpha value is -2.40. The number of aryl methyl sites for hydroxylation is 1. The van der Waals surface area contributed by atoms with Crippen molar-refractivity contribution in [3.8, 4) is 11.5 Å². The first-order valence-corrected chi connectivity index (χ1v) is 9.10. The van der Waals surface area contributed by atoms with Crippen LogP contribution in [0, 0.1) is 6.92 Å². The van der Waals surface area contributed by atoms with Gasteiger partial charge in [0, 0.05) is 16.9 Å². The number of benzene rings is 2. The molecule has 0 fully saturated rings. The van der Waals surface area contributed by atoms with Crippen LogP contribution in [-0.2, 0) is 0 Å². The van der Waals surface area contributed by atoms with Crippen LogP contribution in [0.25, 0.3) is 0 Å². The van der Waals surface area contributed by atoms with E-state index in [2.05, 4.69) is 12.2 Å². The number of ether oxygens (including phenoxy) is 2. The lowest BCUT2D eigenvalue weighted by Gasteiger charge is -2.15. The van der Waals surface area contributed by atoms with Crippen molar-refractivity contribution in [2.75, 3.05) is 24.3 Å². The zero-order valence-electron chi connectivity index (χ0n) is 15.4. The highest BCUT2D eigenvalue weighted by molar-refractivity contribution is 6.32. The van der Waals surface area contributed by atoms with Gasteiger partial charge in [-0.3, -0.25) is 4.79 Å². The largest absolute Gasteiger partial charge is 0.490 e. The molecular formula is C20H25ClN2O3. The van der Waals surface area contributed by atoms with E-state index in [4.69, 9.17) is 26.8 Å². The molecule has 2 aromatic rings. The maximum Gasteiger partial charge on any atom is 0.255 e. The summed E-state index contributed by atoms with van der Waals surface area (Å²) in [6, 6.07) is 8.60. The van der Waals surface area contributed by atoms with E-state index in [9.17, 15) is 4.79 Å². The predicted octanol–water partition coefficient (Wildman–Crippen LogP) is 5.06. The number of rotatable bonds is 8. The summed E-state index contributed by atoms with van der Waals surface area (Å²) in [6.07, 6.45) is 1.93. The van der Waals surface area contributed by atoms with Crippen LogP contribution in [0.2, 0.25) is 5.02 Å². The molecule has 0 aliphatic rings. The molecule has 2 rings (SSSR count). The number of nitrogen functional groups attached to an aromatic ring is 1. The number of nitrogens with two attached hydrogens (primary N) is 1. The highest BCUT2D eigenvalue weighted by Crippen LogP contribution is 2.37. The quantitative estimate of drug-likeness (QED) is 0.498. The Balaban J connectivity index is 2.27. The van der Waals surface area contributed by atoms with E-state index in [-0.39, 0.29) is 5.91 Å². The molecule has 0 aliphatic heterocycles. The van der Waals surface area contributed by atoms with Crippen molar-refractivity contribution in [1.82, 2.24) is 0 Å². The Labute approximate surface area is 159 Å². The van der Waals surface area contributed by atoms with Crippen molar-refractivity contribution in [3.05, 3.63) is 46.5 Å². The number of amides is 1. The maximum absolute atomic E-state index is 12.7. The van der Waals surface area contributed by atoms with Gasteiger partial charge in [-0.2, -0.15) is 0 Å². The molecule has 3 N–H and O–H groups in total. The average Bonchev–Trinajstić information content (AvgIpc) is 2.60. The van der Waals surface area contributed by atoms with Gasteiger partial charge in [-0.15, -0.1) is 0 Å². The van der Waals surface area contributed by atoms with E-state index in [0.29, 0.717) is 46.7 Å². The molecule has 0 aromatic heterocycles. The fraction of sp³-hybridized carbons (Fsp3) is 0.350. The van der Waals surface area contributed by atoms with Gasteiger partial charge in [0.1, 0.15) is 0 Å². The van der Waals surface area contributed by atoms with Crippen LogP contribution >= 0.6 is 11.6 Å². The van der Waals surface area contributed by atoms with Gasteiger partial charge in [0.25, 0.3) is 5.91 Å². The molecule has 140 valence electrons. The van der Waals surface area contributed by atoms with Gasteiger partial charge in [-0.25, -0.2) is 0 Å². The number of carbonyl (C=O) groups excluding carboxylic acids is 1. The topological polar surface area (TPSA) is 73.6 Å². The SMILES string of the molecule is CCCCOc1c(Cl)cc(C(=O)Nc2cc(N)ccc2C)cc1OCC. The van der Waals surface area contributed by atoms with Crippen molar-refractivity contribution in [1.29, 1.82) is 0 Å².